The van der Waals surface area contributed by atoms with Gasteiger partial charge in [0.1, 0.15) is 11.3 Å². The van der Waals surface area contributed by atoms with Crippen LogP contribution < -0.4 is 5.32 Å². The lowest BCUT2D eigenvalue weighted by molar-refractivity contribution is -0.139. The Hall–Kier alpha value is -2.77. The summed E-state index contributed by atoms with van der Waals surface area (Å²) in [6.45, 7) is 8.10. The van der Waals surface area contributed by atoms with Gasteiger partial charge < -0.3 is 15.0 Å². The Morgan fingerprint density at radius 1 is 1.28 bits per heavy atom. The molecular weight excluding hydrogens is 392 g/mol. The SMILES string of the molecule is C=CC(=O)N1C[C@H](c2cc(Cl)nc(-c3cc(C(=O)NC)cc(C)n3)c2)OC[C@H]1C. The monoisotopic (exact) mass is 414 g/mol. The average molecular weight is 415 g/mol. The summed E-state index contributed by atoms with van der Waals surface area (Å²) >= 11 is 6.27. The highest BCUT2D eigenvalue weighted by molar-refractivity contribution is 6.29. The Bertz CT molecular complexity index is 963. The van der Waals surface area contributed by atoms with Crippen molar-refractivity contribution in [3.05, 3.63) is 58.9 Å². The average Bonchev–Trinajstić information content (AvgIpc) is 2.72. The largest absolute Gasteiger partial charge is 0.370 e. The van der Waals surface area contributed by atoms with Gasteiger partial charge in [0.25, 0.3) is 5.91 Å². The third kappa shape index (κ3) is 4.63. The zero-order chi connectivity index (χ0) is 21.1. The van der Waals surface area contributed by atoms with Crippen LogP contribution in [0.4, 0.5) is 0 Å². The normalized spacial score (nSPS) is 19.0. The topological polar surface area (TPSA) is 84.4 Å². The van der Waals surface area contributed by atoms with E-state index in [2.05, 4.69) is 21.9 Å². The smallest absolute Gasteiger partial charge is 0.251 e. The summed E-state index contributed by atoms with van der Waals surface area (Å²) < 4.78 is 5.95. The fourth-order valence-electron chi connectivity index (χ4n) is 3.29. The van der Waals surface area contributed by atoms with Crippen LogP contribution in [0, 0.1) is 6.92 Å². The van der Waals surface area contributed by atoms with Crippen LogP contribution in [-0.2, 0) is 9.53 Å². The van der Waals surface area contributed by atoms with E-state index in [1.54, 1.807) is 30.1 Å². The molecule has 1 fully saturated rings. The van der Waals surface area contributed by atoms with Crippen LogP contribution in [0.2, 0.25) is 5.15 Å². The minimum atomic E-state index is -0.349. The molecular formula is C21H23ClN4O3. The van der Waals surface area contributed by atoms with Crippen LogP contribution in [0.25, 0.3) is 11.4 Å². The first-order chi connectivity index (χ1) is 13.8. The first-order valence-corrected chi connectivity index (χ1v) is 9.63. The van der Waals surface area contributed by atoms with Gasteiger partial charge in [-0.15, -0.1) is 0 Å². The number of carbonyl (C=O) groups is 2. The van der Waals surface area contributed by atoms with Crippen LogP contribution in [0.15, 0.2) is 36.9 Å². The highest BCUT2D eigenvalue weighted by atomic mass is 35.5. The Morgan fingerprint density at radius 3 is 2.69 bits per heavy atom. The molecule has 8 heteroatoms. The summed E-state index contributed by atoms with van der Waals surface area (Å²) in [4.78, 5) is 34.8. The highest BCUT2D eigenvalue weighted by Crippen LogP contribution is 2.30. The van der Waals surface area contributed by atoms with Crippen LogP contribution in [-0.4, -0.2) is 52.9 Å². The molecule has 2 amide bonds. The predicted molar refractivity (Wildman–Crippen MR) is 111 cm³/mol. The van der Waals surface area contributed by atoms with Gasteiger partial charge in [-0.1, -0.05) is 18.2 Å². The molecule has 1 N–H and O–H groups in total. The molecule has 1 aliphatic rings. The Labute approximate surface area is 174 Å². The van der Waals surface area contributed by atoms with Crippen LogP contribution in [0.3, 0.4) is 0 Å². The molecule has 0 spiro atoms. The molecule has 1 aliphatic heterocycles. The maximum atomic E-state index is 12.1. The van der Waals surface area contributed by atoms with E-state index >= 15 is 0 Å². The number of nitrogens with zero attached hydrogens (tertiary/aromatic N) is 3. The lowest BCUT2D eigenvalue weighted by Gasteiger charge is -2.37. The number of ether oxygens (including phenoxy) is 1. The number of hydrogen-bond acceptors (Lipinski definition) is 5. The maximum absolute atomic E-state index is 12.1. The summed E-state index contributed by atoms with van der Waals surface area (Å²) in [5.74, 6) is -0.344. The molecule has 3 rings (SSSR count). The van der Waals surface area contributed by atoms with E-state index in [1.165, 1.54) is 6.08 Å². The summed E-state index contributed by atoms with van der Waals surface area (Å²) in [5.41, 5.74) is 3.04. The Balaban J connectivity index is 1.97. The predicted octanol–water partition coefficient (Wildman–Crippen LogP) is 2.94. The molecule has 0 aliphatic carbocycles. The van der Waals surface area contributed by atoms with Crippen LogP contribution in [0.5, 0.6) is 0 Å². The van der Waals surface area contributed by atoms with Crippen molar-refractivity contribution in [3.8, 4) is 11.4 Å². The molecule has 3 heterocycles. The number of amides is 2. The Kier molecular flexibility index (Phi) is 6.30. The van der Waals surface area contributed by atoms with Crippen molar-refractivity contribution in [2.75, 3.05) is 20.2 Å². The number of nitrogens with one attached hydrogen (secondary N) is 1. The van der Waals surface area contributed by atoms with E-state index in [0.717, 1.165) is 5.56 Å². The van der Waals surface area contributed by atoms with Gasteiger partial charge >= 0.3 is 0 Å². The van der Waals surface area contributed by atoms with Crippen molar-refractivity contribution >= 4 is 23.4 Å². The van der Waals surface area contributed by atoms with Crippen molar-refractivity contribution in [3.63, 3.8) is 0 Å². The third-order valence-corrected chi connectivity index (χ3v) is 4.98. The lowest BCUT2D eigenvalue weighted by Crippen LogP contribution is -2.47. The second-order valence-electron chi connectivity index (χ2n) is 6.94. The molecule has 0 bridgehead atoms. The molecule has 2 atom stereocenters. The number of halogens is 1. The number of aromatic nitrogens is 2. The summed E-state index contributed by atoms with van der Waals surface area (Å²) in [6.07, 6.45) is 0.957. The van der Waals surface area contributed by atoms with Crippen molar-refractivity contribution in [2.24, 2.45) is 0 Å². The number of aryl methyl sites for hydroxylation is 1. The molecule has 152 valence electrons. The fraction of sp³-hybridized carbons (Fsp3) is 0.333. The van der Waals surface area contributed by atoms with Crippen molar-refractivity contribution in [1.29, 1.82) is 0 Å². The number of morpholine rings is 1. The number of pyridine rings is 2. The van der Waals surface area contributed by atoms with E-state index < -0.39 is 0 Å². The highest BCUT2D eigenvalue weighted by Gasteiger charge is 2.30. The fourth-order valence-corrected chi connectivity index (χ4v) is 3.51. The van der Waals surface area contributed by atoms with E-state index in [9.17, 15) is 9.59 Å². The quantitative estimate of drug-likeness (QED) is 0.614. The molecule has 0 radical (unpaired) electrons. The van der Waals surface area contributed by atoms with Gasteiger partial charge in [0.15, 0.2) is 0 Å². The molecule has 7 nitrogen and oxygen atoms in total. The summed E-state index contributed by atoms with van der Waals surface area (Å²) in [5, 5.41) is 2.89. The summed E-state index contributed by atoms with van der Waals surface area (Å²) in [6, 6.07) is 6.89. The van der Waals surface area contributed by atoms with Gasteiger partial charge in [0, 0.05) is 18.3 Å². The molecule has 2 aromatic rings. The van der Waals surface area contributed by atoms with Gasteiger partial charge in [0.05, 0.1) is 30.6 Å². The zero-order valence-corrected chi connectivity index (χ0v) is 17.4. The second kappa shape index (κ2) is 8.71. The van der Waals surface area contributed by atoms with Crippen LogP contribution in [0.1, 0.15) is 34.6 Å². The standard InChI is InChI=1S/C21H23ClN4O3/c1-5-20(27)26-10-18(29-11-13(26)3)14-7-17(25-19(22)9-14)16-8-15(21(28)23-4)6-12(2)24-16/h5-9,13,18H,1,10-11H2,2-4H3,(H,23,28)/t13-,18-/m1/s1. The molecule has 0 unspecified atom stereocenters. The van der Waals surface area contributed by atoms with Gasteiger partial charge in [-0.05, 0) is 49.8 Å². The van der Waals surface area contributed by atoms with Gasteiger partial charge in [-0.3, -0.25) is 14.6 Å². The first-order valence-electron chi connectivity index (χ1n) is 9.25. The number of hydrogen-bond donors (Lipinski definition) is 1. The molecule has 1 saturated heterocycles. The van der Waals surface area contributed by atoms with E-state index in [0.29, 0.717) is 35.8 Å². The van der Waals surface area contributed by atoms with Gasteiger partial charge in [0.2, 0.25) is 5.91 Å². The minimum Gasteiger partial charge on any atom is -0.370 e. The van der Waals surface area contributed by atoms with E-state index in [4.69, 9.17) is 16.3 Å². The van der Waals surface area contributed by atoms with Crippen molar-refractivity contribution < 1.29 is 14.3 Å². The zero-order valence-electron chi connectivity index (χ0n) is 16.6. The molecule has 2 aromatic heterocycles. The molecule has 0 aromatic carbocycles. The van der Waals surface area contributed by atoms with Crippen molar-refractivity contribution in [2.45, 2.75) is 26.0 Å². The molecule has 29 heavy (non-hydrogen) atoms. The molecule has 0 saturated carbocycles. The Morgan fingerprint density at radius 2 is 2.00 bits per heavy atom. The van der Waals surface area contributed by atoms with Crippen molar-refractivity contribution in [1.82, 2.24) is 20.2 Å². The van der Waals surface area contributed by atoms with Gasteiger partial charge in [-0.25, -0.2) is 4.98 Å². The van der Waals surface area contributed by atoms with E-state index in [-0.39, 0.29) is 29.1 Å². The first kappa shape index (κ1) is 21.0. The minimum absolute atomic E-state index is 0.0397. The third-order valence-electron chi connectivity index (χ3n) is 4.78. The van der Waals surface area contributed by atoms with Crippen LogP contribution >= 0.6 is 11.6 Å². The second-order valence-corrected chi connectivity index (χ2v) is 7.32. The van der Waals surface area contributed by atoms with Gasteiger partial charge in [-0.2, -0.15) is 0 Å². The summed E-state index contributed by atoms with van der Waals surface area (Å²) in [7, 11) is 1.57. The van der Waals surface area contributed by atoms with E-state index in [1.807, 2.05) is 19.9 Å². The number of rotatable bonds is 4. The number of carbonyl (C=O) groups excluding carboxylic acids is 2. The maximum Gasteiger partial charge on any atom is 0.251 e. The lowest BCUT2D eigenvalue weighted by atomic mass is 10.0.